The highest BCUT2D eigenvalue weighted by Gasteiger charge is 2.15. The third kappa shape index (κ3) is 4.18. The average molecular weight is 391 g/mol. The Balaban J connectivity index is 1.56. The van der Waals surface area contributed by atoms with Gasteiger partial charge in [0.2, 0.25) is 11.9 Å². The number of halogens is 1. The number of anilines is 2. The van der Waals surface area contributed by atoms with Crippen molar-refractivity contribution in [2.75, 3.05) is 12.4 Å². The van der Waals surface area contributed by atoms with Crippen molar-refractivity contribution in [2.24, 2.45) is 0 Å². The second-order valence-electron chi connectivity index (χ2n) is 6.40. The van der Waals surface area contributed by atoms with E-state index in [1.165, 1.54) is 13.4 Å². The van der Waals surface area contributed by atoms with Crippen LogP contribution in [0.5, 0.6) is 0 Å². The Morgan fingerprint density at radius 2 is 2.10 bits per heavy atom. The van der Waals surface area contributed by atoms with Crippen LogP contribution in [-0.4, -0.2) is 38.1 Å². The number of aromatic amines is 1. The molecule has 0 saturated heterocycles. The maximum atomic E-state index is 14.4. The van der Waals surface area contributed by atoms with Gasteiger partial charge in [-0.3, -0.25) is 9.89 Å². The van der Waals surface area contributed by atoms with Crippen LogP contribution < -0.4 is 10.6 Å². The minimum absolute atomic E-state index is 0.236. The maximum absolute atomic E-state index is 14.4. The topological polar surface area (TPSA) is 108 Å². The highest BCUT2D eigenvalue weighted by atomic mass is 19.1. The predicted octanol–water partition coefficient (Wildman–Crippen LogP) is 3.31. The Labute approximate surface area is 165 Å². The van der Waals surface area contributed by atoms with Crippen molar-refractivity contribution in [3.63, 3.8) is 0 Å². The second-order valence-corrected chi connectivity index (χ2v) is 6.40. The van der Waals surface area contributed by atoms with Gasteiger partial charge in [0.1, 0.15) is 12.5 Å². The van der Waals surface area contributed by atoms with Crippen molar-refractivity contribution in [2.45, 2.75) is 12.6 Å². The summed E-state index contributed by atoms with van der Waals surface area (Å²) in [6.07, 6.45) is 1.49. The fourth-order valence-corrected chi connectivity index (χ4v) is 2.90. The van der Waals surface area contributed by atoms with Gasteiger partial charge in [-0.2, -0.15) is 10.1 Å². The van der Waals surface area contributed by atoms with Crippen molar-refractivity contribution < 1.29 is 9.18 Å². The van der Waals surface area contributed by atoms with Gasteiger partial charge in [0, 0.05) is 23.7 Å². The van der Waals surface area contributed by atoms with E-state index in [-0.39, 0.29) is 12.3 Å². The number of carbonyl (C=O) groups excluding carboxylic acids is 1. The number of hydrogen-bond acceptors (Lipinski definition) is 6. The van der Waals surface area contributed by atoms with Crippen molar-refractivity contribution in [1.29, 1.82) is 0 Å². The molecule has 9 heteroatoms. The molecule has 1 unspecified atom stereocenters. The van der Waals surface area contributed by atoms with Crippen LogP contribution in [0.3, 0.4) is 0 Å². The summed E-state index contributed by atoms with van der Waals surface area (Å²) in [5, 5.41) is 13.4. The van der Waals surface area contributed by atoms with E-state index in [0.29, 0.717) is 22.9 Å². The van der Waals surface area contributed by atoms with E-state index in [4.69, 9.17) is 0 Å². The molecule has 146 valence electrons. The van der Waals surface area contributed by atoms with Crippen LogP contribution >= 0.6 is 0 Å². The minimum atomic E-state index is -1.41. The summed E-state index contributed by atoms with van der Waals surface area (Å²) >= 11 is 0. The van der Waals surface area contributed by atoms with Gasteiger partial charge in [-0.15, -0.1) is 0 Å². The van der Waals surface area contributed by atoms with E-state index in [9.17, 15) is 9.18 Å². The quantitative estimate of drug-likeness (QED) is 0.465. The standard InChI is InChI=1S/C20H18FN7O/c1-22-18(29)9-16(21)12-3-2-4-13(7-12)19-23-11-24-20(27-19)26-15-5-6-17-14(8-15)10-25-28-17/h2-8,10-11,16H,9H2,1H3,(H,22,29)(H,25,28)(H,23,24,26,27). The first kappa shape index (κ1) is 18.5. The Morgan fingerprint density at radius 3 is 2.97 bits per heavy atom. The lowest BCUT2D eigenvalue weighted by molar-refractivity contribution is -0.121. The molecule has 2 heterocycles. The van der Waals surface area contributed by atoms with Gasteiger partial charge in [0.25, 0.3) is 0 Å². The summed E-state index contributed by atoms with van der Waals surface area (Å²) in [4.78, 5) is 24.2. The Bertz CT molecular complexity index is 1160. The number of nitrogens with one attached hydrogen (secondary N) is 3. The van der Waals surface area contributed by atoms with E-state index < -0.39 is 6.17 Å². The van der Waals surface area contributed by atoms with Gasteiger partial charge in [-0.05, 0) is 29.8 Å². The normalized spacial score (nSPS) is 11.9. The first-order chi connectivity index (χ1) is 14.1. The van der Waals surface area contributed by atoms with Gasteiger partial charge in [-0.1, -0.05) is 18.2 Å². The molecule has 4 aromatic rings. The van der Waals surface area contributed by atoms with Gasteiger partial charge in [-0.25, -0.2) is 14.4 Å². The molecule has 0 saturated carbocycles. The predicted molar refractivity (Wildman–Crippen MR) is 107 cm³/mol. The van der Waals surface area contributed by atoms with Crippen molar-refractivity contribution in [3.05, 3.63) is 60.6 Å². The Morgan fingerprint density at radius 1 is 1.21 bits per heavy atom. The number of H-pyrrole nitrogens is 1. The monoisotopic (exact) mass is 391 g/mol. The molecular weight excluding hydrogens is 373 g/mol. The lowest BCUT2D eigenvalue weighted by Crippen LogP contribution is -2.19. The van der Waals surface area contributed by atoms with Gasteiger partial charge in [0.05, 0.1) is 18.1 Å². The molecule has 29 heavy (non-hydrogen) atoms. The molecule has 8 nitrogen and oxygen atoms in total. The Kier molecular flexibility index (Phi) is 5.10. The molecule has 4 rings (SSSR count). The molecule has 0 radical (unpaired) electrons. The number of amides is 1. The molecule has 0 aliphatic rings. The highest BCUT2D eigenvalue weighted by molar-refractivity contribution is 5.82. The number of benzene rings is 2. The van der Waals surface area contributed by atoms with Crippen molar-refractivity contribution in [1.82, 2.24) is 30.5 Å². The zero-order valence-corrected chi connectivity index (χ0v) is 15.6. The van der Waals surface area contributed by atoms with E-state index in [0.717, 1.165) is 16.6 Å². The second kappa shape index (κ2) is 8.01. The van der Waals surface area contributed by atoms with E-state index in [2.05, 4.69) is 35.8 Å². The number of carbonyl (C=O) groups is 1. The average Bonchev–Trinajstić information content (AvgIpc) is 3.22. The molecule has 0 fully saturated rings. The molecule has 1 atom stereocenters. The maximum Gasteiger partial charge on any atom is 0.230 e. The summed E-state index contributed by atoms with van der Waals surface area (Å²) in [5.74, 6) is 0.412. The summed E-state index contributed by atoms with van der Waals surface area (Å²) in [5.41, 5.74) is 2.77. The lowest BCUT2D eigenvalue weighted by Gasteiger charge is -2.10. The third-order valence-electron chi connectivity index (χ3n) is 4.42. The fraction of sp³-hybridized carbons (Fsp3) is 0.150. The highest BCUT2D eigenvalue weighted by Crippen LogP contribution is 2.26. The Hall–Kier alpha value is -3.88. The SMILES string of the molecule is CNC(=O)CC(F)c1cccc(-c2ncnc(Nc3ccc4[nH]ncc4c3)n2)c1. The number of alkyl halides is 1. The molecule has 2 aromatic carbocycles. The van der Waals surface area contributed by atoms with E-state index in [1.807, 2.05) is 18.2 Å². The number of rotatable bonds is 6. The van der Waals surface area contributed by atoms with E-state index >= 15 is 0 Å². The van der Waals surface area contributed by atoms with Crippen LogP contribution in [0.4, 0.5) is 16.0 Å². The van der Waals surface area contributed by atoms with Crippen molar-refractivity contribution >= 4 is 28.4 Å². The summed E-state index contributed by atoms with van der Waals surface area (Å²) in [7, 11) is 1.48. The lowest BCUT2D eigenvalue weighted by atomic mass is 10.0. The zero-order valence-electron chi connectivity index (χ0n) is 15.6. The number of hydrogen-bond donors (Lipinski definition) is 3. The number of fused-ring (bicyclic) bond motifs is 1. The molecule has 0 aliphatic heterocycles. The summed E-state index contributed by atoms with van der Waals surface area (Å²) < 4.78 is 14.4. The zero-order chi connectivity index (χ0) is 20.2. The molecular formula is C20H18FN7O. The van der Waals surface area contributed by atoms with Gasteiger partial charge < -0.3 is 10.6 Å². The largest absolute Gasteiger partial charge is 0.359 e. The van der Waals surface area contributed by atoms with Crippen LogP contribution in [0.15, 0.2) is 55.0 Å². The smallest absolute Gasteiger partial charge is 0.230 e. The van der Waals surface area contributed by atoms with Gasteiger partial charge >= 0.3 is 0 Å². The van der Waals surface area contributed by atoms with Crippen LogP contribution in [0.1, 0.15) is 18.2 Å². The minimum Gasteiger partial charge on any atom is -0.359 e. The molecule has 3 N–H and O–H groups in total. The number of nitrogens with zero attached hydrogens (tertiary/aromatic N) is 4. The summed E-state index contributed by atoms with van der Waals surface area (Å²) in [6.45, 7) is 0. The first-order valence-electron chi connectivity index (χ1n) is 8.96. The number of aromatic nitrogens is 5. The van der Waals surface area contributed by atoms with Crippen molar-refractivity contribution in [3.8, 4) is 11.4 Å². The molecule has 2 aromatic heterocycles. The van der Waals surface area contributed by atoms with Crippen LogP contribution in [0, 0.1) is 0 Å². The molecule has 1 amide bonds. The molecule has 0 spiro atoms. The van der Waals surface area contributed by atoms with Gasteiger partial charge in [0.15, 0.2) is 5.82 Å². The van der Waals surface area contributed by atoms with Crippen LogP contribution in [0.2, 0.25) is 0 Å². The molecule has 0 bridgehead atoms. The van der Waals surface area contributed by atoms with E-state index in [1.54, 1.807) is 30.5 Å². The van der Waals surface area contributed by atoms with Crippen LogP contribution in [-0.2, 0) is 4.79 Å². The molecule has 0 aliphatic carbocycles. The van der Waals surface area contributed by atoms with Crippen LogP contribution in [0.25, 0.3) is 22.3 Å². The first-order valence-corrected chi connectivity index (χ1v) is 8.96. The fourth-order valence-electron chi connectivity index (χ4n) is 2.90. The summed E-state index contributed by atoms with van der Waals surface area (Å²) in [6, 6.07) is 12.5. The third-order valence-corrected chi connectivity index (χ3v) is 4.42.